The fourth-order valence-corrected chi connectivity index (χ4v) is 2.61. The number of aromatic nitrogens is 2. The molecule has 19 heavy (non-hydrogen) atoms. The van der Waals surface area contributed by atoms with Gasteiger partial charge in [0.15, 0.2) is 0 Å². The molecule has 4 nitrogen and oxygen atoms in total. The van der Waals surface area contributed by atoms with Gasteiger partial charge in [-0.05, 0) is 38.0 Å². The zero-order chi connectivity index (χ0) is 13.3. The first kappa shape index (κ1) is 12.7. The van der Waals surface area contributed by atoms with Crippen molar-refractivity contribution in [2.24, 2.45) is 5.41 Å². The third-order valence-electron chi connectivity index (χ3n) is 4.30. The quantitative estimate of drug-likeness (QED) is 0.823. The molecule has 1 aromatic rings. The SMILES string of the molecule is CCNc1cc(NCC2(C)CCC2)nc(C2CC2)n1. The van der Waals surface area contributed by atoms with E-state index in [4.69, 9.17) is 0 Å². The molecule has 3 rings (SSSR count). The Labute approximate surface area is 115 Å². The molecule has 2 aliphatic rings. The van der Waals surface area contributed by atoms with Gasteiger partial charge >= 0.3 is 0 Å². The number of hydrogen-bond acceptors (Lipinski definition) is 4. The summed E-state index contributed by atoms with van der Waals surface area (Å²) in [6, 6.07) is 2.04. The minimum absolute atomic E-state index is 0.475. The summed E-state index contributed by atoms with van der Waals surface area (Å²) in [6.07, 6.45) is 6.53. The third-order valence-corrected chi connectivity index (χ3v) is 4.30. The lowest BCUT2D eigenvalue weighted by Gasteiger charge is -2.38. The normalized spacial score (nSPS) is 20.7. The van der Waals surface area contributed by atoms with Gasteiger partial charge in [0.1, 0.15) is 17.5 Å². The molecule has 2 fully saturated rings. The topological polar surface area (TPSA) is 49.8 Å². The highest BCUT2D eigenvalue weighted by Gasteiger charge is 2.32. The van der Waals surface area contributed by atoms with Gasteiger partial charge < -0.3 is 10.6 Å². The van der Waals surface area contributed by atoms with Gasteiger partial charge in [-0.15, -0.1) is 0 Å². The second kappa shape index (κ2) is 4.99. The monoisotopic (exact) mass is 260 g/mol. The van der Waals surface area contributed by atoms with E-state index in [0.29, 0.717) is 11.3 Å². The van der Waals surface area contributed by atoms with Gasteiger partial charge in [0.2, 0.25) is 0 Å². The lowest BCUT2D eigenvalue weighted by molar-refractivity contribution is 0.180. The fourth-order valence-electron chi connectivity index (χ4n) is 2.61. The predicted molar refractivity (Wildman–Crippen MR) is 78.6 cm³/mol. The van der Waals surface area contributed by atoms with Crippen LogP contribution < -0.4 is 10.6 Å². The van der Waals surface area contributed by atoms with Gasteiger partial charge in [-0.3, -0.25) is 0 Å². The van der Waals surface area contributed by atoms with Crippen LogP contribution >= 0.6 is 0 Å². The Hall–Kier alpha value is -1.32. The number of rotatable bonds is 6. The molecule has 0 bridgehead atoms. The molecule has 2 N–H and O–H groups in total. The molecule has 0 amide bonds. The molecular weight excluding hydrogens is 236 g/mol. The number of anilines is 2. The summed E-state index contributed by atoms with van der Waals surface area (Å²) >= 11 is 0. The molecule has 1 heterocycles. The van der Waals surface area contributed by atoms with Gasteiger partial charge in [0.05, 0.1) is 0 Å². The molecule has 0 spiro atoms. The van der Waals surface area contributed by atoms with E-state index in [1.54, 1.807) is 0 Å². The molecule has 4 heteroatoms. The van der Waals surface area contributed by atoms with Crippen molar-refractivity contribution < 1.29 is 0 Å². The largest absolute Gasteiger partial charge is 0.370 e. The summed E-state index contributed by atoms with van der Waals surface area (Å²) < 4.78 is 0. The third kappa shape index (κ3) is 2.99. The van der Waals surface area contributed by atoms with Crippen LogP contribution in [0.1, 0.15) is 57.7 Å². The van der Waals surface area contributed by atoms with Crippen LogP contribution in [0, 0.1) is 5.41 Å². The standard InChI is InChI=1S/C15H24N4/c1-3-16-12-9-13(17-10-15(2)7-4-8-15)19-14(18-12)11-5-6-11/h9,11H,3-8,10H2,1-2H3,(H2,16,17,18,19). The Morgan fingerprint density at radius 2 is 1.89 bits per heavy atom. The Morgan fingerprint density at radius 1 is 1.21 bits per heavy atom. The van der Waals surface area contributed by atoms with Crippen LogP contribution in [-0.2, 0) is 0 Å². The minimum Gasteiger partial charge on any atom is -0.370 e. The molecule has 0 radical (unpaired) electrons. The van der Waals surface area contributed by atoms with Crippen molar-refractivity contribution >= 4 is 11.6 Å². The first-order valence-corrected chi connectivity index (χ1v) is 7.55. The Bertz CT molecular complexity index is 449. The van der Waals surface area contributed by atoms with E-state index in [0.717, 1.165) is 30.5 Å². The van der Waals surface area contributed by atoms with Gasteiger partial charge in [-0.25, -0.2) is 9.97 Å². The van der Waals surface area contributed by atoms with Crippen molar-refractivity contribution in [3.05, 3.63) is 11.9 Å². The maximum absolute atomic E-state index is 4.68. The van der Waals surface area contributed by atoms with Crippen molar-refractivity contribution in [2.45, 2.75) is 51.9 Å². The zero-order valence-electron chi connectivity index (χ0n) is 12.0. The van der Waals surface area contributed by atoms with E-state index < -0.39 is 0 Å². The number of hydrogen-bond donors (Lipinski definition) is 2. The average molecular weight is 260 g/mol. The average Bonchev–Trinajstić information content (AvgIpc) is 3.18. The molecule has 0 aromatic carbocycles. The molecule has 104 valence electrons. The molecule has 0 atom stereocenters. The summed E-state index contributed by atoms with van der Waals surface area (Å²) in [5, 5.41) is 6.82. The maximum atomic E-state index is 4.68. The number of nitrogens with one attached hydrogen (secondary N) is 2. The highest BCUT2D eigenvalue weighted by molar-refractivity contribution is 5.48. The number of nitrogens with zero attached hydrogens (tertiary/aromatic N) is 2. The molecule has 0 saturated heterocycles. The highest BCUT2D eigenvalue weighted by atomic mass is 15.1. The molecule has 0 aliphatic heterocycles. The highest BCUT2D eigenvalue weighted by Crippen LogP contribution is 2.41. The maximum Gasteiger partial charge on any atom is 0.136 e. The summed E-state index contributed by atoms with van der Waals surface area (Å²) in [6.45, 7) is 6.39. The summed E-state index contributed by atoms with van der Waals surface area (Å²) in [5.74, 6) is 3.56. The Balaban J connectivity index is 1.71. The van der Waals surface area contributed by atoms with Crippen molar-refractivity contribution in [3.8, 4) is 0 Å². The first-order chi connectivity index (χ1) is 9.18. The molecule has 2 aliphatic carbocycles. The van der Waals surface area contributed by atoms with Crippen LogP contribution in [-0.4, -0.2) is 23.1 Å². The molecular formula is C15H24N4. The lowest BCUT2D eigenvalue weighted by Crippen LogP contribution is -2.33. The van der Waals surface area contributed by atoms with Crippen LogP contribution in [0.15, 0.2) is 6.07 Å². The van der Waals surface area contributed by atoms with E-state index in [1.165, 1.54) is 32.1 Å². The van der Waals surface area contributed by atoms with Crippen LogP contribution in [0.25, 0.3) is 0 Å². The van der Waals surface area contributed by atoms with Crippen LogP contribution in [0.4, 0.5) is 11.6 Å². The van der Waals surface area contributed by atoms with Crippen molar-refractivity contribution in [1.29, 1.82) is 0 Å². The van der Waals surface area contributed by atoms with E-state index >= 15 is 0 Å². The van der Waals surface area contributed by atoms with Crippen LogP contribution in [0.5, 0.6) is 0 Å². The summed E-state index contributed by atoms with van der Waals surface area (Å²) in [4.78, 5) is 9.28. The van der Waals surface area contributed by atoms with E-state index in [9.17, 15) is 0 Å². The fraction of sp³-hybridized carbons (Fsp3) is 0.733. The molecule has 2 saturated carbocycles. The van der Waals surface area contributed by atoms with Gasteiger partial charge in [-0.1, -0.05) is 13.3 Å². The van der Waals surface area contributed by atoms with Gasteiger partial charge in [-0.2, -0.15) is 0 Å². The summed E-state index contributed by atoms with van der Waals surface area (Å²) in [7, 11) is 0. The minimum atomic E-state index is 0.475. The molecule has 1 aromatic heterocycles. The van der Waals surface area contributed by atoms with Crippen molar-refractivity contribution in [2.75, 3.05) is 23.7 Å². The lowest BCUT2D eigenvalue weighted by atomic mass is 9.70. The second-order valence-corrected chi connectivity index (χ2v) is 6.32. The van der Waals surface area contributed by atoms with Gasteiger partial charge in [0.25, 0.3) is 0 Å². The smallest absolute Gasteiger partial charge is 0.136 e. The van der Waals surface area contributed by atoms with Crippen molar-refractivity contribution in [1.82, 2.24) is 9.97 Å². The predicted octanol–water partition coefficient (Wildman–Crippen LogP) is 3.39. The first-order valence-electron chi connectivity index (χ1n) is 7.55. The van der Waals surface area contributed by atoms with Crippen molar-refractivity contribution in [3.63, 3.8) is 0 Å². The van der Waals surface area contributed by atoms with E-state index in [2.05, 4.69) is 34.4 Å². The Morgan fingerprint density at radius 3 is 2.42 bits per heavy atom. The zero-order valence-corrected chi connectivity index (χ0v) is 12.0. The summed E-state index contributed by atoms with van der Waals surface area (Å²) in [5.41, 5.74) is 0.475. The van der Waals surface area contributed by atoms with Crippen LogP contribution in [0.3, 0.4) is 0 Å². The van der Waals surface area contributed by atoms with E-state index in [-0.39, 0.29) is 0 Å². The molecule has 0 unspecified atom stereocenters. The second-order valence-electron chi connectivity index (χ2n) is 6.32. The Kier molecular flexibility index (Phi) is 3.33. The van der Waals surface area contributed by atoms with Crippen LogP contribution in [0.2, 0.25) is 0 Å². The van der Waals surface area contributed by atoms with Gasteiger partial charge in [0, 0.05) is 25.1 Å². The van der Waals surface area contributed by atoms with E-state index in [1.807, 2.05) is 6.07 Å².